The number of nitrogens with zero attached hydrogens (tertiary/aromatic N) is 2. The van der Waals surface area contributed by atoms with Crippen molar-refractivity contribution in [3.63, 3.8) is 0 Å². The minimum atomic E-state index is -0.500. The Hall–Kier alpha value is -1.13. The van der Waals surface area contributed by atoms with Crippen LogP contribution in [0.5, 0.6) is 11.5 Å². The number of nitro benzene ring substituents is 1. The van der Waals surface area contributed by atoms with Gasteiger partial charge in [0.05, 0.1) is 35.3 Å². The van der Waals surface area contributed by atoms with Crippen molar-refractivity contribution in [3.05, 3.63) is 27.8 Å². The Kier molecular flexibility index (Phi) is 12.8. The molecule has 0 unspecified atom stereocenters. The molecule has 0 spiro atoms. The summed E-state index contributed by atoms with van der Waals surface area (Å²) in [7, 11) is 1.49. The van der Waals surface area contributed by atoms with E-state index in [4.69, 9.17) is 9.47 Å². The highest BCUT2D eigenvalue weighted by atomic mass is 79.9. The Morgan fingerprint density at radius 3 is 2.52 bits per heavy atom. The van der Waals surface area contributed by atoms with Crippen LogP contribution in [0.4, 0.5) is 5.69 Å². The molecule has 0 N–H and O–H groups in total. The van der Waals surface area contributed by atoms with Crippen LogP contribution in [0.25, 0.3) is 0 Å². The molecule has 0 aliphatic carbocycles. The predicted octanol–water partition coefficient (Wildman–Crippen LogP) is 6.37. The number of likely N-dealkylation sites (tertiary alicyclic amines) is 1. The maximum atomic E-state index is 13.5. The van der Waals surface area contributed by atoms with E-state index in [1.54, 1.807) is 0 Å². The van der Waals surface area contributed by atoms with E-state index in [-0.39, 0.29) is 27.8 Å². The first-order valence-electron chi connectivity index (χ1n) is 11.6. The van der Waals surface area contributed by atoms with E-state index in [0.29, 0.717) is 24.7 Å². The van der Waals surface area contributed by atoms with Crippen LogP contribution in [-0.4, -0.2) is 63.5 Å². The molecule has 1 saturated heterocycles. The van der Waals surface area contributed by atoms with E-state index < -0.39 is 4.92 Å². The molecule has 0 bridgehead atoms. The third kappa shape index (κ3) is 7.96. The SMILES string of the molecule is CCSC(SCC)[C@@H]1CCCN1C(=O)c1cc(OC)c(OCCCCCCBr)cc1[N+](=O)[O-]. The number of nitro groups is 1. The fourth-order valence-corrected chi connectivity index (χ4v) is 7.22. The highest BCUT2D eigenvalue weighted by Gasteiger charge is 2.38. The molecule has 0 saturated carbocycles. The molecule has 1 heterocycles. The maximum absolute atomic E-state index is 13.5. The van der Waals surface area contributed by atoms with Crippen molar-refractivity contribution in [2.45, 2.75) is 63.0 Å². The quantitative estimate of drug-likeness (QED) is 0.0806. The average molecular weight is 564 g/mol. The summed E-state index contributed by atoms with van der Waals surface area (Å²) in [6, 6.07) is 2.88. The van der Waals surface area contributed by atoms with Crippen LogP contribution in [0.15, 0.2) is 12.1 Å². The standard InChI is InChI=1S/C23H35BrN2O5S2/c1-4-32-23(33-5-2)18-11-10-13-25(18)22(27)17-15-20(30-3)21(16-19(17)26(28)29)31-14-9-7-6-8-12-24/h15-16,18,23H,4-14H2,1-3H3/t18-/m0/s1. The molecule has 2 rings (SSSR count). The second kappa shape index (κ2) is 15.0. The van der Waals surface area contributed by atoms with E-state index in [2.05, 4.69) is 29.8 Å². The molecule has 1 aliphatic rings. The zero-order valence-corrected chi connectivity index (χ0v) is 22.9. The van der Waals surface area contributed by atoms with E-state index in [9.17, 15) is 14.9 Å². The Morgan fingerprint density at radius 2 is 1.91 bits per heavy atom. The van der Waals surface area contributed by atoms with Crippen LogP contribution in [0.3, 0.4) is 0 Å². The Labute approximate surface area is 214 Å². The number of halogens is 1. The number of carbonyl (C=O) groups excluding carboxylic acids is 1. The van der Waals surface area contributed by atoms with Crippen LogP contribution in [0.2, 0.25) is 0 Å². The largest absolute Gasteiger partial charge is 0.493 e. The fraction of sp³-hybridized carbons (Fsp3) is 0.696. The van der Waals surface area contributed by atoms with Gasteiger partial charge in [0.2, 0.25) is 0 Å². The fourth-order valence-electron chi connectivity index (χ4n) is 3.96. The number of carbonyl (C=O) groups is 1. The van der Waals surface area contributed by atoms with E-state index >= 15 is 0 Å². The number of ether oxygens (including phenoxy) is 2. The van der Waals surface area contributed by atoms with Crippen LogP contribution in [0, 0.1) is 10.1 Å². The van der Waals surface area contributed by atoms with Gasteiger partial charge in [-0.2, -0.15) is 0 Å². The van der Waals surface area contributed by atoms with Crippen molar-refractivity contribution in [2.24, 2.45) is 0 Å². The molecule has 1 atom stereocenters. The smallest absolute Gasteiger partial charge is 0.286 e. The Bertz CT molecular complexity index is 777. The Morgan fingerprint density at radius 1 is 1.21 bits per heavy atom. The lowest BCUT2D eigenvalue weighted by Crippen LogP contribution is -2.41. The average Bonchev–Trinajstić information content (AvgIpc) is 3.30. The molecule has 0 radical (unpaired) electrons. The molecule has 1 aromatic rings. The third-order valence-corrected chi connectivity index (χ3v) is 8.86. The van der Waals surface area contributed by atoms with Crippen molar-refractivity contribution in [1.29, 1.82) is 0 Å². The zero-order valence-electron chi connectivity index (χ0n) is 19.7. The summed E-state index contributed by atoms with van der Waals surface area (Å²) >= 11 is 7.10. The monoisotopic (exact) mass is 562 g/mol. The van der Waals surface area contributed by atoms with Crippen molar-refractivity contribution in [2.75, 3.05) is 37.1 Å². The number of methoxy groups -OCH3 is 1. The minimum Gasteiger partial charge on any atom is -0.493 e. The van der Waals surface area contributed by atoms with Crippen LogP contribution in [0.1, 0.15) is 62.7 Å². The number of rotatable bonds is 15. The van der Waals surface area contributed by atoms with E-state index in [1.807, 2.05) is 28.4 Å². The van der Waals surface area contributed by atoms with Gasteiger partial charge in [-0.05, 0) is 37.2 Å². The summed E-state index contributed by atoms with van der Waals surface area (Å²) < 4.78 is 11.5. The van der Waals surface area contributed by atoms with Gasteiger partial charge in [0.15, 0.2) is 11.5 Å². The number of alkyl halides is 1. The van der Waals surface area contributed by atoms with Gasteiger partial charge in [-0.25, -0.2) is 0 Å². The minimum absolute atomic E-state index is 0.0634. The molecule has 0 aromatic heterocycles. The predicted molar refractivity (Wildman–Crippen MR) is 142 cm³/mol. The summed E-state index contributed by atoms with van der Waals surface area (Å²) in [5.74, 6) is 2.28. The number of amides is 1. The summed E-state index contributed by atoms with van der Waals surface area (Å²) in [6.07, 6.45) is 5.91. The molecule has 1 aromatic carbocycles. The van der Waals surface area contributed by atoms with Gasteiger partial charge in [0, 0.05) is 17.9 Å². The molecule has 1 amide bonds. The molecule has 10 heteroatoms. The Balaban J connectivity index is 2.25. The van der Waals surface area contributed by atoms with E-state index in [1.165, 1.54) is 19.2 Å². The van der Waals surface area contributed by atoms with Crippen molar-refractivity contribution < 1.29 is 19.2 Å². The second-order valence-electron chi connectivity index (χ2n) is 7.72. The first kappa shape index (κ1) is 28.1. The van der Waals surface area contributed by atoms with Crippen LogP contribution >= 0.6 is 39.5 Å². The van der Waals surface area contributed by atoms with Gasteiger partial charge in [-0.3, -0.25) is 14.9 Å². The number of benzene rings is 1. The molecular weight excluding hydrogens is 528 g/mol. The van der Waals surface area contributed by atoms with Gasteiger partial charge >= 0.3 is 0 Å². The van der Waals surface area contributed by atoms with Crippen LogP contribution in [-0.2, 0) is 0 Å². The topological polar surface area (TPSA) is 81.9 Å². The lowest BCUT2D eigenvalue weighted by molar-refractivity contribution is -0.385. The first-order valence-corrected chi connectivity index (χ1v) is 14.8. The molecular formula is C23H35BrN2O5S2. The highest BCUT2D eigenvalue weighted by Crippen LogP contribution is 2.39. The van der Waals surface area contributed by atoms with Gasteiger partial charge in [0.25, 0.3) is 11.6 Å². The van der Waals surface area contributed by atoms with Gasteiger partial charge in [-0.1, -0.05) is 42.6 Å². The summed E-state index contributed by atoms with van der Waals surface area (Å²) in [5.41, 5.74) is -0.168. The third-order valence-electron chi connectivity index (χ3n) is 5.53. The number of hydrogen-bond acceptors (Lipinski definition) is 7. The number of thioether (sulfide) groups is 2. The van der Waals surface area contributed by atoms with Gasteiger partial charge in [0.1, 0.15) is 5.56 Å². The van der Waals surface area contributed by atoms with Crippen molar-refractivity contribution >= 4 is 51.0 Å². The van der Waals surface area contributed by atoms with Crippen LogP contribution < -0.4 is 9.47 Å². The highest BCUT2D eigenvalue weighted by molar-refractivity contribution is 9.09. The van der Waals surface area contributed by atoms with Gasteiger partial charge in [-0.15, -0.1) is 23.5 Å². The second-order valence-corrected chi connectivity index (χ2v) is 11.6. The lowest BCUT2D eigenvalue weighted by Gasteiger charge is -2.31. The number of hydrogen-bond donors (Lipinski definition) is 0. The van der Waals surface area contributed by atoms with E-state index in [0.717, 1.165) is 55.4 Å². The molecule has 33 heavy (non-hydrogen) atoms. The summed E-state index contributed by atoms with van der Waals surface area (Å²) in [6.45, 7) is 5.29. The summed E-state index contributed by atoms with van der Waals surface area (Å²) in [5, 5.41) is 12.9. The normalized spacial score (nSPS) is 15.8. The molecule has 186 valence electrons. The first-order chi connectivity index (χ1) is 16.0. The summed E-state index contributed by atoms with van der Waals surface area (Å²) in [4.78, 5) is 26.7. The molecule has 1 fully saturated rings. The molecule has 1 aliphatic heterocycles. The lowest BCUT2D eigenvalue weighted by atomic mass is 10.1. The van der Waals surface area contributed by atoms with Gasteiger partial charge < -0.3 is 14.4 Å². The van der Waals surface area contributed by atoms with Crippen molar-refractivity contribution in [3.8, 4) is 11.5 Å². The molecule has 7 nitrogen and oxygen atoms in total. The zero-order chi connectivity index (χ0) is 24.2. The maximum Gasteiger partial charge on any atom is 0.286 e. The number of unbranched alkanes of at least 4 members (excludes halogenated alkanes) is 3. The van der Waals surface area contributed by atoms with Crippen molar-refractivity contribution in [1.82, 2.24) is 4.90 Å².